The molecule has 0 saturated carbocycles. The normalized spacial score (nSPS) is 15.6. The molecule has 47 heavy (non-hydrogen) atoms. The molecule has 2 rings (SSSR count). The topological polar surface area (TPSA) is 39.0 Å². The molecule has 0 spiro atoms. The second-order valence-corrected chi connectivity index (χ2v) is 18.1. The first-order chi connectivity index (χ1) is 21.7. The van der Waals surface area contributed by atoms with Crippen molar-refractivity contribution in [1.29, 1.82) is 0 Å². The van der Waals surface area contributed by atoms with Crippen LogP contribution in [-0.2, 0) is 0 Å². The van der Waals surface area contributed by atoms with E-state index >= 15 is 0 Å². The van der Waals surface area contributed by atoms with Crippen LogP contribution in [0, 0.1) is 35.0 Å². The Morgan fingerprint density at radius 3 is 1.06 bits per heavy atom. The largest absolute Gasteiger partial charge is 0.330 e. The molecule has 2 aliphatic heterocycles. The van der Waals surface area contributed by atoms with Crippen LogP contribution in [-0.4, -0.2) is 105 Å². The van der Waals surface area contributed by atoms with E-state index in [0.29, 0.717) is 23.4 Å². The quantitative estimate of drug-likeness (QED) is 0.177. The lowest BCUT2D eigenvalue weighted by Crippen LogP contribution is -2.38. The highest BCUT2D eigenvalue weighted by Gasteiger charge is 2.19. The molecule has 2 N–H and O–H groups in total. The van der Waals surface area contributed by atoms with Crippen molar-refractivity contribution in [3.05, 3.63) is 0 Å². The van der Waals surface area contributed by atoms with Gasteiger partial charge in [0.2, 0.25) is 0 Å². The Morgan fingerprint density at radius 2 is 0.872 bits per heavy atom. The van der Waals surface area contributed by atoms with Crippen LogP contribution in [0.3, 0.4) is 0 Å². The maximum Gasteiger partial charge on any atom is 0.00412 e. The van der Waals surface area contributed by atoms with Gasteiger partial charge in [-0.25, -0.2) is 0 Å². The van der Waals surface area contributed by atoms with Gasteiger partial charge in [0.05, 0.1) is 0 Å². The molecule has 5 heteroatoms. The number of likely N-dealkylation sites (tertiary alicyclic amines) is 2. The fourth-order valence-corrected chi connectivity index (χ4v) is 4.77. The van der Waals surface area contributed by atoms with E-state index in [2.05, 4.69) is 144 Å². The van der Waals surface area contributed by atoms with E-state index in [1.807, 2.05) is 0 Å². The molecule has 5 nitrogen and oxygen atoms in total. The van der Waals surface area contributed by atoms with Gasteiger partial charge in [-0.1, -0.05) is 83.1 Å². The molecule has 0 amide bonds. The zero-order valence-corrected chi connectivity index (χ0v) is 36.2. The maximum atomic E-state index is 5.51. The van der Waals surface area contributed by atoms with Crippen molar-refractivity contribution >= 4 is 0 Å². The van der Waals surface area contributed by atoms with Crippen molar-refractivity contribution in [3.8, 4) is 0 Å². The summed E-state index contributed by atoms with van der Waals surface area (Å²) in [5, 5.41) is 0. The van der Waals surface area contributed by atoms with Crippen molar-refractivity contribution in [2.75, 3.05) is 73.0 Å². The number of nitrogens with two attached hydrogens (primary N) is 1. The van der Waals surface area contributed by atoms with Crippen LogP contribution in [0.5, 0.6) is 0 Å². The van der Waals surface area contributed by atoms with E-state index in [0.717, 1.165) is 30.2 Å². The minimum Gasteiger partial charge on any atom is -0.330 e. The van der Waals surface area contributed by atoms with E-state index in [-0.39, 0.29) is 0 Å². The van der Waals surface area contributed by atoms with Crippen molar-refractivity contribution in [2.24, 2.45) is 40.7 Å². The molecule has 288 valence electrons. The molecule has 0 atom stereocenters. The Hall–Kier alpha value is -0.200. The zero-order chi connectivity index (χ0) is 37.2. The zero-order valence-electron chi connectivity index (χ0n) is 36.2. The minimum absolute atomic E-state index is 0.319. The molecule has 0 aromatic heterocycles. The van der Waals surface area contributed by atoms with E-state index < -0.39 is 0 Å². The summed E-state index contributed by atoms with van der Waals surface area (Å²) in [6.07, 6.45) is 9.66. The lowest BCUT2D eigenvalue weighted by Gasteiger charge is -2.31. The Balaban J connectivity index is -0.000000519. The maximum absolute atomic E-state index is 5.51. The van der Waals surface area contributed by atoms with Gasteiger partial charge in [-0.3, -0.25) is 4.90 Å². The molecule has 0 bridgehead atoms. The van der Waals surface area contributed by atoms with Crippen LogP contribution in [0.1, 0.15) is 156 Å². The van der Waals surface area contributed by atoms with Crippen LogP contribution >= 0.6 is 0 Å². The van der Waals surface area contributed by atoms with E-state index in [1.54, 1.807) is 0 Å². The SMILES string of the molecule is CC(C)C(C)(C)CN.CC(C)CCN(C(C)C)C(C)C.CC(C)CCN(C)C.CC(C)CCN1CCC1.CC(C)CCN1CCCC1. The predicted molar refractivity (Wildman–Crippen MR) is 218 cm³/mol. The van der Waals surface area contributed by atoms with Crippen LogP contribution in [0.15, 0.2) is 0 Å². The van der Waals surface area contributed by atoms with Gasteiger partial charge < -0.3 is 20.4 Å². The number of hydrogen-bond donors (Lipinski definition) is 1. The summed E-state index contributed by atoms with van der Waals surface area (Å²) < 4.78 is 0. The van der Waals surface area contributed by atoms with E-state index in [4.69, 9.17) is 5.73 Å². The number of nitrogens with zero attached hydrogens (tertiary/aromatic N) is 4. The monoisotopic (exact) mass is 670 g/mol. The van der Waals surface area contributed by atoms with Crippen molar-refractivity contribution < 1.29 is 0 Å². The van der Waals surface area contributed by atoms with E-state index in [9.17, 15) is 0 Å². The second-order valence-electron chi connectivity index (χ2n) is 18.1. The van der Waals surface area contributed by atoms with Crippen LogP contribution in [0.2, 0.25) is 0 Å². The first-order valence-electron chi connectivity index (χ1n) is 20.2. The second kappa shape index (κ2) is 30.6. The summed E-state index contributed by atoms with van der Waals surface area (Å²) >= 11 is 0. The van der Waals surface area contributed by atoms with Crippen LogP contribution in [0.25, 0.3) is 0 Å². The fraction of sp³-hybridized carbons (Fsp3) is 1.00. The Labute approximate surface area is 300 Å². The molecule has 2 fully saturated rings. The third-order valence-electron chi connectivity index (χ3n) is 9.73. The fourth-order valence-electron chi connectivity index (χ4n) is 4.77. The van der Waals surface area contributed by atoms with Crippen LogP contribution < -0.4 is 5.73 Å². The molecular weight excluding hydrogens is 574 g/mol. The number of rotatable bonds is 16. The van der Waals surface area contributed by atoms with E-state index in [1.165, 1.54) is 97.3 Å². The molecule has 0 unspecified atom stereocenters. The predicted octanol–water partition coefficient (Wildman–Crippen LogP) is 10.2. The Bertz CT molecular complexity index is 613. The minimum atomic E-state index is 0.319. The van der Waals surface area contributed by atoms with Gasteiger partial charge in [-0.2, -0.15) is 0 Å². The molecule has 0 aliphatic carbocycles. The smallest absolute Gasteiger partial charge is 0.00412 e. The van der Waals surface area contributed by atoms with Gasteiger partial charge in [-0.15, -0.1) is 0 Å². The standard InChI is InChI=1S/C11H25N.C9H19N.C8H17N.2C7H17N/c1-9(2)7-8-12(10(3)4)11(5)6;1-9(2)5-8-10-6-3-4-7-10;1-8(2)4-7-9-5-3-6-9;1-7(2)5-6-8(3)4;1-6(2)7(3,4)5-8/h9-11H,7-8H2,1-6H3;9H,3-8H2,1-2H3;8H,3-7H2,1-2H3;7H,5-6H2,1-4H3;6H,5,8H2,1-4H3. The Morgan fingerprint density at radius 1 is 0.532 bits per heavy atom. The summed E-state index contributed by atoms with van der Waals surface area (Å²) in [6, 6.07) is 1.37. The average molecular weight is 670 g/mol. The molecule has 0 radical (unpaired) electrons. The van der Waals surface area contributed by atoms with Crippen molar-refractivity contribution in [1.82, 2.24) is 19.6 Å². The first kappa shape index (κ1) is 51.2. The third kappa shape index (κ3) is 35.4. The first-order valence-corrected chi connectivity index (χ1v) is 20.2. The molecule has 0 aromatic rings. The summed E-state index contributed by atoms with van der Waals surface area (Å²) in [5.74, 6) is 4.11. The van der Waals surface area contributed by atoms with Crippen molar-refractivity contribution in [2.45, 2.75) is 168 Å². The average Bonchev–Trinajstić information content (AvgIpc) is 3.44. The number of hydrogen-bond acceptors (Lipinski definition) is 5. The van der Waals surface area contributed by atoms with Gasteiger partial charge in [-0.05, 0) is 181 Å². The highest BCUT2D eigenvalue weighted by molar-refractivity contribution is 4.72. The van der Waals surface area contributed by atoms with Gasteiger partial charge in [0.25, 0.3) is 0 Å². The molecule has 2 heterocycles. The van der Waals surface area contributed by atoms with Crippen molar-refractivity contribution in [3.63, 3.8) is 0 Å². The lowest BCUT2D eigenvalue weighted by molar-refractivity contribution is 0.166. The van der Waals surface area contributed by atoms with Gasteiger partial charge in [0, 0.05) is 12.1 Å². The molecule has 0 aromatic carbocycles. The van der Waals surface area contributed by atoms with Gasteiger partial charge in [0.1, 0.15) is 0 Å². The highest BCUT2D eigenvalue weighted by Crippen LogP contribution is 2.23. The lowest BCUT2D eigenvalue weighted by atomic mass is 9.81. The summed E-state index contributed by atoms with van der Waals surface area (Å²) in [4.78, 5) is 9.89. The third-order valence-corrected chi connectivity index (χ3v) is 9.73. The highest BCUT2D eigenvalue weighted by atomic mass is 15.2. The summed E-state index contributed by atoms with van der Waals surface area (Å²) in [5.41, 5.74) is 5.83. The molecule has 2 aliphatic rings. The molecule has 2 saturated heterocycles. The molecular formula is C42H95N5. The van der Waals surface area contributed by atoms with Crippen LogP contribution in [0.4, 0.5) is 0 Å². The summed E-state index contributed by atoms with van der Waals surface area (Å²) in [6.45, 7) is 47.5. The van der Waals surface area contributed by atoms with Gasteiger partial charge in [0.15, 0.2) is 0 Å². The Kier molecular flexibility index (Phi) is 33.3. The van der Waals surface area contributed by atoms with Gasteiger partial charge >= 0.3 is 0 Å². The summed E-state index contributed by atoms with van der Waals surface area (Å²) in [7, 11) is 4.23.